The van der Waals surface area contributed by atoms with Gasteiger partial charge in [0.1, 0.15) is 11.6 Å². The molecule has 0 bridgehead atoms. The quantitative estimate of drug-likeness (QED) is 0.660. The van der Waals surface area contributed by atoms with Crippen LogP contribution in [0.4, 0.5) is 8.78 Å². The van der Waals surface area contributed by atoms with Gasteiger partial charge < -0.3 is 0 Å². The number of hydrogen-bond donors (Lipinski definition) is 2. The van der Waals surface area contributed by atoms with Gasteiger partial charge in [-0.05, 0) is 36.2 Å². The molecule has 0 aliphatic rings. The first-order chi connectivity index (χ1) is 9.51. The monoisotopic (exact) mass is 316 g/mol. The molecule has 106 valence electrons. The Morgan fingerprint density at radius 3 is 2.40 bits per heavy atom. The third kappa shape index (κ3) is 3.46. The molecule has 0 saturated carbocycles. The highest BCUT2D eigenvalue weighted by molar-refractivity contribution is 6.31. The smallest absolute Gasteiger partial charge is 0.141 e. The van der Waals surface area contributed by atoms with Gasteiger partial charge in [0.05, 0.1) is 11.1 Å². The Bertz CT molecular complexity index is 620. The van der Waals surface area contributed by atoms with E-state index in [1.54, 1.807) is 18.2 Å². The summed E-state index contributed by atoms with van der Waals surface area (Å²) in [6, 6.07) is 8.25. The summed E-state index contributed by atoms with van der Waals surface area (Å²) >= 11 is 11.4. The SMILES string of the molecule is NNC(Cc1ccc(F)c(Cl)c1)c1ccc(Cl)cc1F. The van der Waals surface area contributed by atoms with E-state index in [0.29, 0.717) is 17.0 Å². The second kappa shape index (κ2) is 6.50. The molecule has 2 aromatic rings. The third-order valence-corrected chi connectivity index (χ3v) is 3.49. The van der Waals surface area contributed by atoms with Gasteiger partial charge in [-0.1, -0.05) is 35.3 Å². The molecule has 0 amide bonds. The number of hydrazine groups is 1. The molecular weight excluding hydrogens is 305 g/mol. The Morgan fingerprint density at radius 1 is 1.05 bits per heavy atom. The zero-order valence-corrected chi connectivity index (χ0v) is 11.8. The first-order valence-corrected chi connectivity index (χ1v) is 6.62. The highest BCUT2D eigenvalue weighted by Crippen LogP contribution is 2.25. The van der Waals surface area contributed by atoms with Crippen molar-refractivity contribution in [1.82, 2.24) is 5.43 Å². The van der Waals surface area contributed by atoms with Crippen LogP contribution in [-0.2, 0) is 6.42 Å². The van der Waals surface area contributed by atoms with Crippen LogP contribution in [0.5, 0.6) is 0 Å². The molecule has 2 rings (SSSR count). The normalized spacial score (nSPS) is 12.4. The van der Waals surface area contributed by atoms with Crippen molar-refractivity contribution >= 4 is 23.2 Å². The Labute approximate surface area is 125 Å². The Balaban J connectivity index is 2.26. The second-order valence-electron chi connectivity index (χ2n) is 4.34. The van der Waals surface area contributed by atoms with Crippen molar-refractivity contribution in [2.45, 2.75) is 12.5 Å². The van der Waals surface area contributed by atoms with Gasteiger partial charge in [0.2, 0.25) is 0 Å². The average Bonchev–Trinajstić information content (AvgIpc) is 2.41. The number of halogens is 4. The van der Waals surface area contributed by atoms with E-state index in [1.165, 1.54) is 18.2 Å². The molecule has 1 atom stereocenters. The largest absolute Gasteiger partial charge is 0.271 e. The molecule has 20 heavy (non-hydrogen) atoms. The standard InChI is InChI=1S/C14H12Cl2F2N2/c15-9-2-3-10(13(18)7-9)14(20-19)6-8-1-4-12(17)11(16)5-8/h1-5,7,14,20H,6,19H2. The predicted molar refractivity (Wildman–Crippen MR) is 76.6 cm³/mol. The van der Waals surface area contributed by atoms with E-state index in [1.807, 2.05) is 0 Å². The van der Waals surface area contributed by atoms with Crippen molar-refractivity contribution in [3.63, 3.8) is 0 Å². The van der Waals surface area contributed by atoms with Crippen LogP contribution in [0.15, 0.2) is 36.4 Å². The van der Waals surface area contributed by atoms with Crippen molar-refractivity contribution in [2.75, 3.05) is 0 Å². The summed E-state index contributed by atoms with van der Waals surface area (Å²) in [4.78, 5) is 0. The maximum Gasteiger partial charge on any atom is 0.141 e. The fourth-order valence-electron chi connectivity index (χ4n) is 1.95. The summed E-state index contributed by atoms with van der Waals surface area (Å²) < 4.78 is 27.0. The first kappa shape index (κ1) is 15.2. The number of nitrogens with one attached hydrogen (secondary N) is 1. The Hall–Kier alpha value is -1.20. The van der Waals surface area contributed by atoms with Crippen LogP contribution in [0.1, 0.15) is 17.2 Å². The van der Waals surface area contributed by atoms with E-state index in [9.17, 15) is 8.78 Å². The summed E-state index contributed by atoms with van der Waals surface area (Å²) in [6.07, 6.45) is 0.370. The molecule has 0 heterocycles. The summed E-state index contributed by atoms with van der Waals surface area (Å²) in [5.41, 5.74) is 3.67. The van der Waals surface area contributed by atoms with Crippen LogP contribution in [0.3, 0.4) is 0 Å². The van der Waals surface area contributed by atoms with E-state index in [4.69, 9.17) is 29.0 Å². The lowest BCUT2D eigenvalue weighted by Gasteiger charge is -2.17. The lowest BCUT2D eigenvalue weighted by molar-refractivity contribution is 0.510. The van der Waals surface area contributed by atoms with E-state index in [-0.39, 0.29) is 5.02 Å². The fraction of sp³-hybridized carbons (Fsp3) is 0.143. The third-order valence-electron chi connectivity index (χ3n) is 2.96. The molecule has 0 radical (unpaired) electrons. The lowest BCUT2D eigenvalue weighted by atomic mass is 9.99. The van der Waals surface area contributed by atoms with Crippen molar-refractivity contribution in [3.8, 4) is 0 Å². The van der Waals surface area contributed by atoms with Gasteiger partial charge in [-0.25, -0.2) is 8.78 Å². The number of nitrogens with two attached hydrogens (primary N) is 1. The van der Waals surface area contributed by atoms with Gasteiger partial charge in [-0.3, -0.25) is 11.3 Å². The maximum atomic E-state index is 13.9. The van der Waals surface area contributed by atoms with Crippen LogP contribution in [-0.4, -0.2) is 0 Å². The lowest BCUT2D eigenvalue weighted by Crippen LogP contribution is -2.30. The van der Waals surface area contributed by atoms with Crippen molar-refractivity contribution in [3.05, 3.63) is 69.2 Å². The van der Waals surface area contributed by atoms with Gasteiger partial charge in [-0.2, -0.15) is 0 Å². The van der Waals surface area contributed by atoms with Gasteiger partial charge in [0.25, 0.3) is 0 Å². The molecule has 1 unspecified atom stereocenters. The topological polar surface area (TPSA) is 38.0 Å². The molecule has 0 aliphatic carbocycles. The van der Waals surface area contributed by atoms with Crippen LogP contribution in [0.25, 0.3) is 0 Å². The van der Waals surface area contributed by atoms with Crippen LogP contribution < -0.4 is 11.3 Å². The average molecular weight is 317 g/mol. The van der Waals surface area contributed by atoms with Crippen molar-refractivity contribution in [1.29, 1.82) is 0 Å². The highest BCUT2D eigenvalue weighted by atomic mass is 35.5. The molecule has 0 spiro atoms. The van der Waals surface area contributed by atoms with E-state index < -0.39 is 17.7 Å². The number of rotatable bonds is 4. The van der Waals surface area contributed by atoms with Crippen LogP contribution in [0, 0.1) is 11.6 Å². The first-order valence-electron chi connectivity index (χ1n) is 5.86. The fourth-order valence-corrected chi connectivity index (χ4v) is 2.31. The predicted octanol–water partition coefficient (Wildman–Crippen LogP) is 4.02. The molecule has 2 nitrogen and oxygen atoms in total. The molecule has 0 aliphatic heterocycles. The summed E-state index contributed by atoms with van der Waals surface area (Å²) in [5.74, 6) is 4.53. The van der Waals surface area contributed by atoms with Gasteiger partial charge >= 0.3 is 0 Å². The molecule has 2 aromatic carbocycles. The molecule has 0 fully saturated rings. The zero-order valence-electron chi connectivity index (χ0n) is 10.3. The summed E-state index contributed by atoms with van der Waals surface area (Å²) in [7, 11) is 0. The second-order valence-corrected chi connectivity index (χ2v) is 5.18. The molecule has 0 aromatic heterocycles. The molecule has 0 saturated heterocycles. The summed E-state index contributed by atoms with van der Waals surface area (Å²) in [5, 5.41) is 0.335. The molecular formula is C14H12Cl2F2N2. The highest BCUT2D eigenvalue weighted by Gasteiger charge is 2.16. The van der Waals surface area contributed by atoms with Gasteiger partial charge in [-0.15, -0.1) is 0 Å². The number of hydrogen-bond acceptors (Lipinski definition) is 2. The Kier molecular flexibility index (Phi) is 4.94. The minimum atomic E-state index is -0.495. The van der Waals surface area contributed by atoms with Crippen LogP contribution in [0.2, 0.25) is 10.0 Å². The van der Waals surface area contributed by atoms with E-state index >= 15 is 0 Å². The summed E-state index contributed by atoms with van der Waals surface area (Å²) in [6.45, 7) is 0. The van der Waals surface area contributed by atoms with Crippen molar-refractivity contribution in [2.24, 2.45) is 5.84 Å². The van der Waals surface area contributed by atoms with Crippen molar-refractivity contribution < 1.29 is 8.78 Å². The zero-order chi connectivity index (χ0) is 14.7. The van der Waals surface area contributed by atoms with Crippen LogP contribution >= 0.6 is 23.2 Å². The van der Waals surface area contributed by atoms with E-state index in [2.05, 4.69) is 5.43 Å². The minimum absolute atomic E-state index is 0.0230. The van der Waals surface area contributed by atoms with E-state index in [0.717, 1.165) is 5.56 Å². The molecule has 6 heteroatoms. The Morgan fingerprint density at radius 2 is 1.80 bits per heavy atom. The molecule has 3 N–H and O–H groups in total. The van der Waals surface area contributed by atoms with Gasteiger partial charge in [0, 0.05) is 10.6 Å². The van der Waals surface area contributed by atoms with Gasteiger partial charge in [0.15, 0.2) is 0 Å². The number of benzene rings is 2. The minimum Gasteiger partial charge on any atom is -0.271 e. The maximum absolute atomic E-state index is 13.9.